The molecule has 0 atom stereocenters. The Kier molecular flexibility index (Phi) is 5.65. The number of hydrogen-bond donors (Lipinski definition) is 0. The van der Waals surface area contributed by atoms with Crippen molar-refractivity contribution in [3.8, 4) is 0 Å². The number of aliphatic imine (C=N–C) groups is 1. The summed E-state index contributed by atoms with van der Waals surface area (Å²) in [5.41, 5.74) is 0. The van der Waals surface area contributed by atoms with E-state index in [1.807, 2.05) is 0 Å². The zero-order chi connectivity index (χ0) is 21.8. The van der Waals surface area contributed by atoms with Crippen LogP contribution in [0.4, 0.5) is 74.6 Å². The fourth-order valence-corrected chi connectivity index (χ4v) is 0.938. The van der Waals surface area contributed by atoms with Crippen molar-refractivity contribution in [1.82, 2.24) is 0 Å². The molecule has 0 aromatic heterocycles. The number of halogens is 17. The van der Waals surface area contributed by atoms with Gasteiger partial charge in [-0.25, -0.2) is 0 Å². The van der Waals surface area contributed by atoms with Crippen molar-refractivity contribution >= 4 is 5.97 Å². The lowest BCUT2D eigenvalue weighted by Crippen LogP contribution is -2.61. The van der Waals surface area contributed by atoms with Gasteiger partial charge in [0.15, 0.2) is 0 Å². The first-order valence-corrected chi connectivity index (χ1v) is 5.16. The van der Waals surface area contributed by atoms with Crippen LogP contribution in [0.3, 0.4) is 0 Å². The molecule has 0 bridgehead atoms. The minimum atomic E-state index is -7.85. The number of rotatable bonds is 5. The van der Waals surface area contributed by atoms with Gasteiger partial charge in [0.1, 0.15) is 0 Å². The number of hydrogen-bond acceptors (Lipinski definition) is 1. The molecule has 0 aliphatic carbocycles. The van der Waals surface area contributed by atoms with E-state index in [1.165, 1.54) is 0 Å². The molecular weight excluding hydrogens is 433 g/mol. The van der Waals surface area contributed by atoms with Gasteiger partial charge in [0.25, 0.3) is 5.97 Å². The molecular formula is C8F17N. The zero-order valence-electron chi connectivity index (χ0n) is 10.9. The molecule has 0 amide bonds. The highest BCUT2D eigenvalue weighted by molar-refractivity contribution is 5.84. The summed E-state index contributed by atoms with van der Waals surface area (Å²) in [6.45, 7) is 0. The molecule has 0 unspecified atom stereocenters. The third kappa shape index (κ3) is 3.49. The van der Waals surface area contributed by atoms with E-state index in [4.69, 9.17) is 0 Å². The third-order valence-electron chi connectivity index (χ3n) is 2.38. The summed E-state index contributed by atoms with van der Waals surface area (Å²) in [6, 6.07) is -7.51. The lowest BCUT2D eigenvalue weighted by atomic mass is 10.1. The van der Waals surface area contributed by atoms with Crippen LogP contribution in [0.25, 0.3) is 0 Å². The Balaban J connectivity index is 6.28. The Bertz CT molecular complexity index is 548. The van der Waals surface area contributed by atoms with Gasteiger partial charge in [-0.1, -0.05) is 0 Å². The summed E-state index contributed by atoms with van der Waals surface area (Å²) in [5.74, 6) is -35.6. The number of nitrogens with zero attached hydrogens (tertiary/aromatic N) is 1. The van der Waals surface area contributed by atoms with Gasteiger partial charge in [-0.3, -0.25) is 0 Å². The quantitative estimate of drug-likeness (QED) is 0.304. The Morgan fingerprint density at radius 1 is 0.462 bits per heavy atom. The Hall–Kier alpha value is -1.52. The first-order chi connectivity index (χ1) is 10.9. The van der Waals surface area contributed by atoms with Crippen LogP contribution < -0.4 is 0 Å². The fraction of sp³-hybridized carbons (Fsp3) is 0.875. The van der Waals surface area contributed by atoms with Gasteiger partial charge in [-0.15, -0.1) is 0 Å². The van der Waals surface area contributed by atoms with Gasteiger partial charge in [-0.2, -0.15) is 79.6 Å². The molecule has 156 valence electrons. The van der Waals surface area contributed by atoms with Crippen LogP contribution in [-0.2, 0) is 0 Å². The van der Waals surface area contributed by atoms with Crippen LogP contribution in [0, 0.1) is 0 Å². The minimum absolute atomic E-state index is 0.0315. The highest BCUT2D eigenvalue weighted by Crippen LogP contribution is 2.54. The highest BCUT2D eigenvalue weighted by Gasteiger charge is 2.83. The van der Waals surface area contributed by atoms with Gasteiger partial charge in [-0.05, 0) is 0 Å². The summed E-state index contributed by atoms with van der Waals surface area (Å²) in [4.78, 5) is -0.0315. The molecule has 0 heterocycles. The van der Waals surface area contributed by atoms with E-state index in [2.05, 4.69) is 0 Å². The summed E-state index contributed by atoms with van der Waals surface area (Å²) in [6.07, 6.45) is -14.9. The lowest BCUT2D eigenvalue weighted by molar-refractivity contribution is -0.395. The molecule has 0 aromatic rings. The molecule has 0 aliphatic rings. The normalized spacial score (nSPS) is 16.9. The van der Waals surface area contributed by atoms with Gasteiger partial charge >= 0.3 is 42.1 Å². The maximum atomic E-state index is 12.7. The molecule has 0 radical (unpaired) electrons. The average molecular weight is 433 g/mol. The fourth-order valence-electron chi connectivity index (χ4n) is 0.938. The maximum absolute atomic E-state index is 12.7. The summed E-state index contributed by atoms with van der Waals surface area (Å²) < 4.78 is 207. The van der Waals surface area contributed by atoms with Crippen molar-refractivity contribution in [3.05, 3.63) is 0 Å². The van der Waals surface area contributed by atoms with Crippen LogP contribution in [-0.4, -0.2) is 48.1 Å². The summed E-state index contributed by atoms with van der Waals surface area (Å²) in [7, 11) is 0. The molecule has 0 aliphatic heterocycles. The van der Waals surface area contributed by atoms with Gasteiger partial charge in [0.2, 0.25) is 0 Å². The second-order valence-electron chi connectivity index (χ2n) is 4.24. The van der Waals surface area contributed by atoms with Gasteiger partial charge in [0, 0.05) is 0 Å². The Morgan fingerprint density at radius 2 is 0.769 bits per heavy atom. The van der Waals surface area contributed by atoms with Gasteiger partial charge < -0.3 is 0 Å². The van der Waals surface area contributed by atoms with E-state index < -0.39 is 48.1 Å². The predicted molar refractivity (Wildman–Crippen MR) is 45.4 cm³/mol. The molecule has 0 rings (SSSR count). The van der Waals surface area contributed by atoms with Crippen molar-refractivity contribution in [1.29, 1.82) is 0 Å². The van der Waals surface area contributed by atoms with Crippen molar-refractivity contribution in [3.63, 3.8) is 0 Å². The van der Waals surface area contributed by atoms with Crippen LogP contribution in [0.5, 0.6) is 0 Å². The topological polar surface area (TPSA) is 12.4 Å². The predicted octanol–water partition coefficient (Wildman–Crippen LogP) is 5.61. The van der Waals surface area contributed by atoms with Crippen molar-refractivity contribution in [2.45, 2.75) is 42.1 Å². The highest BCUT2D eigenvalue weighted by atomic mass is 19.4. The Labute approximate surface area is 129 Å². The molecule has 18 heteroatoms. The summed E-state index contributed by atoms with van der Waals surface area (Å²) >= 11 is 0. The number of alkyl halides is 16. The molecule has 1 nitrogen and oxygen atoms in total. The van der Waals surface area contributed by atoms with E-state index >= 15 is 0 Å². The zero-order valence-corrected chi connectivity index (χ0v) is 10.9. The molecule has 0 fully saturated rings. The summed E-state index contributed by atoms with van der Waals surface area (Å²) in [5, 5.41) is 0. The smallest absolute Gasteiger partial charge is 0.190 e. The third-order valence-corrected chi connectivity index (χ3v) is 2.38. The van der Waals surface area contributed by atoms with E-state index in [9.17, 15) is 74.6 Å². The van der Waals surface area contributed by atoms with Crippen molar-refractivity contribution in [2.75, 3.05) is 0 Å². The van der Waals surface area contributed by atoms with Crippen molar-refractivity contribution in [2.24, 2.45) is 4.99 Å². The second kappa shape index (κ2) is 6.00. The first kappa shape index (κ1) is 24.5. The standard InChI is InChI=1S/C8F17N/c9-1(2(10,11)3(12,13)6(18,19)20)26-8(24,25)5(16,17)4(14,15)7(21,22)23/b26-1-. The monoisotopic (exact) mass is 433 g/mol. The second-order valence-corrected chi connectivity index (χ2v) is 4.24. The van der Waals surface area contributed by atoms with Gasteiger partial charge in [0.05, 0.1) is 0 Å². The molecule has 0 N–H and O–H groups in total. The van der Waals surface area contributed by atoms with E-state index in [0.717, 1.165) is 0 Å². The van der Waals surface area contributed by atoms with Crippen LogP contribution in [0.2, 0.25) is 0 Å². The Morgan fingerprint density at radius 3 is 1.04 bits per heavy atom. The van der Waals surface area contributed by atoms with Crippen LogP contribution in [0.1, 0.15) is 0 Å². The minimum Gasteiger partial charge on any atom is -0.190 e. The molecule has 0 saturated carbocycles. The lowest BCUT2D eigenvalue weighted by Gasteiger charge is -2.32. The molecule has 0 aromatic carbocycles. The van der Waals surface area contributed by atoms with Crippen LogP contribution in [0.15, 0.2) is 4.99 Å². The molecule has 26 heavy (non-hydrogen) atoms. The molecule has 0 spiro atoms. The molecule has 0 saturated heterocycles. The first-order valence-electron chi connectivity index (χ1n) is 5.16. The van der Waals surface area contributed by atoms with Crippen molar-refractivity contribution < 1.29 is 74.6 Å². The largest absolute Gasteiger partial charge is 0.460 e. The van der Waals surface area contributed by atoms with Crippen LogP contribution >= 0.6 is 0 Å². The van der Waals surface area contributed by atoms with E-state index in [1.54, 1.807) is 0 Å². The maximum Gasteiger partial charge on any atom is 0.460 e. The SMILES string of the molecule is F/C(=N\C(F)(F)C(F)(F)C(F)(F)C(F)(F)F)C(F)(F)C(F)(F)C(F)(F)F. The van der Waals surface area contributed by atoms with E-state index in [0.29, 0.717) is 0 Å². The van der Waals surface area contributed by atoms with E-state index in [-0.39, 0.29) is 4.99 Å². The average Bonchev–Trinajstić information content (AvgIpc) is 2.34.